The Kier molecular flexibility index (Phi) is 3.63. The zero-order valence-corrected chi connectivity index (χ0v) is 11.2. The molecule has 2 heteroatoms. The molecule has 0 nitrogen and oxygen atoms in total. The molecule has 0 fully saturated rings. The first kappa shape index (κ1) is 12.3. The molecule has 0 heterocycles. The van der Waals surface area contributed by atoms with E-state index in [4.69, 9.17) is 0 Å². The Morgan fingerprint density at radius 3 is 2.00 bits per heavy atom. The van der Waals surface area contributed by atoms with E-state index in [0.29, 0.717) is 10.9 Å². The maximum absolute atomic E-state index is 14.0. The summed E-state index contributed by atoms with van der Waals surface area (Å²) < 4.78 is 14.0. The van der Waals surface area contributed by atoms with E-state index < -0.39 is 5.67 Å². The second kappa shape index (κ2) is 5.01. The van der Waals surface area contributed by atoms with Gasteiger partial charge in [0.15, 0.2) is 0 Å². The fourth-order valence-corrected chi connectivity index (χ4v) is 2.04. The van der Waals surface area contributed by atoms with Crippen LogP contribution in [0.5, 0.6) is 0 Å². The molecule has 0 aliphatic rings. The van der Waals surface area contributed by atoms with Gasteiger partial charge in [-0.1, -0.05) is 70.5 Å². The van der Waals surface area contributed by atoms with Crippen molar-refractivity contribution in [3.05, 3.63) is 60.2 Å². The molecule has 0 N–H and O–H groups in total. The maximum Gasteiger partial charge on any atom is 0.142 e. The van der Waals surface area contributed by atoms with Gasteiger partial charge in [0.2, 0.25) is 0 Å². The van der Waals surface area contributed by atoms with Crippen LogP contribution in [0.2, 0.25) is 0 Å². The van der Waals surface area contributed by atoms with E-state index in [2.05, 4.69) is 15.9 Å². The van der Waals surface area contributed by atoms with E-state index >= 15 is 0 Å². The second-order valence-corrected chi connectivity index (χ2v) is 4.84. The summed E-state index contributed by atoms with van der Waals surface area (Å²) in [6, 6.07) is 17.7. The first-order chi connectivity index (χ1) is 8.13. The molecule has 2 aromatic rings. The van der Waals surface area contributed by atoms with Crippen molar-refractivity contribution in [3.63, 3.8) is 0 Å². The highest BCUT2D eigenvalue weighted by atomic mass is 79.9. The molecular weight excluding hydrogens is 279 g/mol. The molecule has 0 aliphatic carbocycles. The molecule has 0 amide bonds. The summed E-state index contributed by atoms with van der Waals surface area (Å²) in [4.78, 5) is 0. The van der Waals surface area contributed by atoms with Crippen molar-refractivity contribution in [2.75, 3.05) is 5.33 Å². The Labute approximate surface area is 110 Å². The molecule has 0 aromatic heterocycles. The highest BCUT2D eigenvalue weighted by Crippen LogP contribution is 2.29. The molecule has 1 atom stereocenters. The fraction of sp³-hybridized carbons (Fsp3) is 0.200. The van der Waals surface area contributed by atoms with Crippen LogP contribution in [0.4, 0.5) is 4.39 Å². The third-order valence-electron chi connectivity index (χ3n) is 2.84. The van der Waals surface area contributed by atoms with Gasteiger partial charge in [0.05, 0.1) is 0 Å². The SMILES string of the molecule is CC(F)(CBr)c1ccc(-c2ccccc2)cc1. The average Bonchev–Trinajstić information content (AvgIpc) is 2.40. The average molecular weight is 293 g/mol. The van der Waals surface area contributed by atoms with Gasteiger partial charge in [0.1, 0.15) is 5.67 Å². The minimum Gasteiger partial charge on any atom is -0.238 e. The zero-order valence-electron chi connectivity index (χ0n) is 9.66. The van der Waals surface area contributed by atoms with Gasteiger partial charge in [-0.05, 0) is 23.6 Å². The lowest BCUT2D eigenvalue weighted by Crippen LogP contribution is -2.16. The molecule has 0 aliphatic heterocycles. The van der Waals surface area contributed by atoms with Gasteiger partial charge in [-0.2, -0.15) is 0 Å². The highest BCUT2D eigenvalue weighted by molar-refractivity contribution is 9.09. The van der Waals surface area contributed by atoms with Crippen molar-refractivity contribution in [1.82, 2.24) is 0 Å². The molecule has 17 heavy (non-hydrogen) atoms. The molecule has 2 rings (SSSR count). The van der Waals surface area contributed by atoms with Gasteiger partial charge in [-0.25, -0.2) is 4.39 Å². The Balaban J connectivity index is 2.31. The summed E-state index contributed by atoms with van der Waals surface area (Å²) in [6.45, 7) is 1.58. The van der Waals surface area contributed by atoms with Crippen LogP contribution < -0.4 is 0 Å². The molecule has 0 saturated heterocycles. The number of benzene rings is 2. The first-order valence-electron chi connectivity index (χ1n) is 5.54. The number of halogens is 2. The highest BCUT2D eigenvalue weighted by Gasteiger charge is 2.23. The Hall–Kier alpha value is -1.15. The van der Waals surface area contributed by atoms with E-state index in [9.17, 15) is 4.39 Å². The van der Waals surface area contributed by atoms with Gasteiger partial charge in [-0.15, -0.1) is 0 Å². The lowest BCUT2D eigenvalue weighted by molar-refractivity contribution is 0.230. The van der Waals surface area contributed by atoms with Crippen LogP contribution in [0.15, 0.2) is 54.6 Å². The molecule has 0 saturated carbocycles. The number of rotatable bonds is 3. The van der Waals surface area contributed by atoms with Crippen molar-refractivity contribution in [2.24, 2.45) is 0 Å². The summed E-state index contributed by atoms with van der Waals surface area (Å²) in [5.41, 5.74) is 1.65. The van der Waals surface area contributed by atoms with Crippen LogP contribution in [-0.4, -0.2) is 5.33 Å². The van der Waals surface area contributed by atoms with Crippen molar-refractivity contribution in [3.8, 4) is 11.1 Å². The third kappa shape index (κ3) is 2.75. The van der Waals surface area contributed by atoms with Gasteiger partial charge in [0.25, 0.3) is 0 Å². The van der Waals surface area contributed by atoms with Gasteiger partial charge < -0.3 is 0 Å². The van der Waals surface area contributed by atoms with Crippen LogP contribution in [0.25, 0.3) is 11.1 Å². The lowest BCUT2D eigenvalue weighted by atomic mass is 9.97. The quantitative estimate of drug-likeness (QED) is 0.704. The smallest absolute Gasteiger partial charge is 0.142 e. The predicted molar refractivity (Wildman–Crippen MR) is 74.1 cm³/mol. The summed E-state index contributed by atoms with van der Waals surface area (Å²) in [7, 11) is 0. The molecule has 88 valence electrons. The molecule has 0 bridgehead atoms. The zero-order chi connectivity index (χ0) is 12.3. The van der Waals surface area contributed by atoms with Crippen molar-refractivity contribution in [2.45, 2.75) is 12.6 Å². The van der Waals surface area contributed by atoms with Crippen LogP contribution in [0.1, 0.15) is 12.5 Å². The Bertz CT molecular complexity index is 474. The van der Waals surface area contributed by atoms with Crippen molar-refractivity contribution in [1.29, 1.82) is 0 Å². The monoisotopic (exact) mass is 292 g/mol. The summed E-state index contributed by atoms with van der Waals surface area (Å²) in [5.74, 6) is 0. The van der Waals surface area contributed by atoms with Crippen LogP contribution in [0.3, 0.4) is 0 Å². The number of hydrogen-bond donors (Lipinski definition) is 0. The maximum atomic E-state index is 14.0. The van der Waals surface area contributed by atoms with Crippen LogP contribution >= 0.6 is 15.9 Å². The van der Waals surface area contributed by atoms with Crippen LogP contribution in [0, 0.1) is 0 Å². The topological polar surface area (TPSA) is 0 Å². The van der Waals surface area contributed by atoms with E-state index in [1.165, 1.54) is 0 Å². The first-order valence-corrected chi connectivity index (χ1v) is 6.66. The lowest BCUT2D eigenvalue weighted by Gasteiger charge is -2.18. The third-order valence-corrected chi connectivity index (χ3v) is 3.90. The minimum absolute atomic E-state index is 0.310. The Morgan fingerprint density at radius 1 is 0.941 bits per heavy atom. The number of alkyl halides is 2. The fourth-order valence-electron chi connectivity index (χ4n) is 1.72. The van der Waals surface area contributed by atoms with E-state index in [1.54, 1.807) is 6.92 Å². The molecule has 2 aromatic carbocycles. The molecule has 1 unspecified atom stereocenters. The molecular formula is C15H14BrF. The Morgan fingerprint density at radius 2 is 1.47 bits per heavy atom. The van der Waals surface area contributed by atoms with E-state index in [1.807, 2.05) is 54.6 Å². The van der Waals surface area contributed by atoms with E-state index in [0.717, 1.165) is 11.1 Å². The van der Waals surface area contributed by atoms with Crippen molar-refractivity contribution >= 4 is 15.9 Å². The number of hydrogen-bond acceptors (Lipinski definition) is 0. The van der Waals surface area contributed by atoms with Crippen molar-refractivity contribution < 1.29 is 4.39 Å². The summed E-state index contributed by atoms with van der Waals surface area (Å²) in [6.07, 6.45) is 0. The minimum atomic E-state index is -1.31. The van der Waals surface area contributed by atoms with Gasteiger partial charge in [-0.3, -0.25) is 0 Å². The molecule has 0 spiro atoms. The van der Waals surface area contributed by atoms with Gasteiger partial charge >= 0.3 is 0 Å². The largest absolute Gasteiger partial charge is 0.238 e. The standard InChI is InChI=1S/C15H14BrF/c1-15(17,11-16)14-9-7-13(8-10-14)12-5-3-2-4-6-12/h2-10H,11H2,1H3. The summed E-state index contributed by atoms with van der Waals surface area (Å²) >= 11 is 3.20. The summed E-state index contributed by atoms with van der Waals surface area (Å²) in [5, 5.41) is 0.310. The predicted octanol–water partition coefficient (Wildman–Crippen LogP) is 4.93. The van der Waals surface area contributed by atoms with Gasteiger partial charge in [0, 0.05) is 5.33 Å². The molecule has 0 radical (unpaired) electrons. The second-order valence-electron chi connectivity index (χ2n) is 4.27. The van der Waals surface area contributed by atoms with E-state index in [-0.39, 0.29) is 0 Å². The van der Waals surface area contributed by atoms with Crippen LogP contribution in [-0.2, 0) is 5.67 Å². The normalized spacial score (nSPS) is 14.3.